The van der Waals surface area contributed by atoms with Crippen LogP contribution in [0.2, 0.25) is 0 Å². The summed E-state index contributed by atoms with van der Waals surface area (Å²) in [5, 5.41) is 13.2. The van der Waals surface area contributed by atoms with E-state index in [-0.39, 0.29) is 0 Å². The molecule has 15 heavy (non-hydrogen) atoms. The van der Waals surface area contributed by atoms with Gasteiger partial charge in [0.2, 0.25) is 0 Å². The highest BCUT2D eigenvalue weighted by atomic mass is 32.2. The van der Waals surface area contributed by atoms with Crippen LogP contribution in [0.3, 0.4) is 0 Å². The molecule has 2 N–H and O–H groups in total. The van der Waals surface area contributed by atoms with Crippen LogP contribution in [0.15, 0.2) is 23.1 Å². The highest BCUT2D eigenvalue weighted by Gasteiger charge is 2.40. The van der Waals surface area contributed by atoms with Crippen LogP contribution in [0.5, 0.6) is 5.75 Å². The molecular formula is C12H15NOS. The van der Waals surface area contributed by atoms with Gasteiger partial charge in [0.05, 0.1) is 0 Å². The maximum absolute atomic E-state index is 9.82. The van der Waals surface area contributed by atoms with Crippen LogP contribution in [0.1, 0.15) is 18.4 Å². The van der Waals surface area contributed by atoms with E-state index in [2.05, 4.69) is 11.4 Å². The van der Waals surface area contributed by atoms with Crippen molar-refractivity contribution in [3.05, 3.63) is 23.8 Å². The highest BCUT2D eigenvalue weighted by molar-refractivity contribution is 8.01. The Hall–Kier alpha value is -0.670. The lowest BCUT2D eigenvalue weighted by atomic mass is 9.90. The summed E-state index contributed by atoms with van der Waals surface area (Å²) in [6, 6.07) is 5.89. The average molecular weight is 221 g/mol. The third-order valence-electron chi connectivity index (χ3n) is 3.45. The van der Waals surface area contributed by atoms with E-state index in [1.807, 2.05) is 17.8 Å². The van der Waals surface area contributed by atoms with Crippen molar-refractivity contribution in [3.8, 4) is 5.75 Å². The molecule has 1 spiro atoms. The van der Waals surface area contributed by atoms with Gasteiger partial charge in [-0.05, 0) is 44.5 Å². The second kappa shape index (κ2) is 3.42. The van der Waals surface area contributed by atoms with E-state index in [1.165, 1.54) is 23.3 Å². The van der Waals surface area contributed by atoms with E-state index in [0.29, 0.717) is 10.5 Å². The molecule has 2 nitrogen and oxygen atoms in total. The van der Waals surface area contributed by atoms with Crippen LogP contribution in [-0.4, -0.2) is 22.9 Å². The maximum atomic E-state index is 9.82. The molecule has 3 heteroatoms. The lowest BCUT2D eigenvalue weighted by Gasteiger charge is -2.32. The summed E-state index contributed by atoms with van der Waals surface area (Å²) >= 11 is 1.97. The second-order valence-electron chi connectivity index (χ2n) is 4.47. The molecule has 1 saturated heterocycles. The molecule has 0 bridgehead atoms. The Morgan fingerprint density at radius 1 is 1.27 bits per heavy atom. The summed E-state index contributed by atoms with van der Waals surface area (Å²) in [6.07, 6.45) is 3.47. The van der Waals surface area contributed by atoms with Crippen LogP contribution in [-0.2, 0) is 6.42 Å². The zero-order valence-corrected chi connectivity index (χ0v) is 9.44. The number of hydrogen-bond acceptors (Lipinski definition) is 3. The van der Waals surface area contributed by atoms with Crippen LogP contribution in [0, 0.1) is 0 Å². The van der Waals surface area contributed by atoms with Crippen LogP contribution in [0.4, 0.5) is 0 Å². The predicted octanol–water partition coefficient (Wildman–Crippen LogP) is 2.16. The quantitative estimate of drug-likeness (QED) is 0.704. The molecule has 0 saturated carbocycles. The van der Waals surface area contributed by atoms with Gasteiger partial charge in [0.25, 0.3) is 0 Å². The maximum Gasteiger partial charge on any atom is 0.119 e. The number of thioether (sulfide) groups is 1. The van der Waals surface area contributed by atoms with Gasteiger partial charge in [-0.1, -0.05) is 6.07 Å². The Kier molecular flexibility index (Phi) is 2.18. The zero-order valence-electron chi connectivity index (χ0n) is 8.62. The first-order chi connectivity index (χ1) is 7.29. The minimum atomic E-state index is 0.367. The molecule has 0 aromatic heterocycles. The third-order valence-corrected chi connectivity index (χ3v) is 5.04. The number of aromatic hydroxyl groups is 1. The smallest absolute Gasteiger partial charge is 0.119 e. The number of fused-ring (bicyclic) bond motifs is 1. The summed E-state index contributed by atoms with van der Waals surface area (Å²) in [4.78, 5) is 1.29. The number of benzene rings is 1. The van der Waals surface area contributed by atoms with Gasteiger partial charge in [-0.2, -0.15) is 0 Å². The fraction of sp³-hybridized carbons (Fsp3) is 0.500. The molecule has 3 rings (SSSR count). The lowest BCUT2D eigenvalue weighted by Crippen LogP contribution is -2.39. The monoisotopic (exact) mass is 221 g/mol. The van der Waals surface area contributed by atoms with Crippen molar-refractivity contribution < 1.29 is 5.11 Å². The van der Waals surface area contributed by atoms with Gasteiger partial charge in [-0.25, -0.2) is 0 Å². The van der Waals surface area contributed by atoms with E-state index >= 15 is 0 Å². The van der Waals surface area contributed by atoms with Crippen molar-refractivity contribution in [1.82, 2.24) is 5.32 Å². The lowest BCUT2D eigenvalue weighted by molar-refractivity contribution is 0.408. The van der Waals surface area contributed by atoms with Crippen molar-refractivity contribution in [1.29, 1.82) is 0 Å². The first-order valence-electron chi connectivity index (χ1n) is 5.50. The Bertz CT molecular complexity index is 385. The summed E-state index contributed by atoms with van der Waals surface area (Å²) in [5.74, 6) is 0.482. The molecular weight excluding hydrogens is 206 g/mol. The number of hydrogen-bond donors (Lipinski definition) is 2. The molecule has 0 amide bonds. The van der Waals surface area contributed by atoms with E-state index < -0.39 is 0 Å². The van der Waals surface area contributed by atoms with Crippen molar-refractivity contribution in [2.24, 2.45) is 0 Å². The topological polar surface area (TPSA) is 32.3 Å². The molecule has 1 fully saturated rings. The zero-order chi connectivity index (χ0) is 10.3. The van der Waals surface area contributed by atoms with Gasteiger partial charge < -0.3 is 10.4 Å². The average Bonchev–Trinajstić information content (AvgIpc) is 2.59. The van der Waals surface area contributed by atoms with Crippen LogP contribution >= 0.6 is 11.8 Å². The van der Waals surface area contributed by atoms with Gasteiger partial charge in [0.1, 0.15) is 5.75 Å². The summed E-state index contributed by atoms with van der Waals surface area (Å²) in [6.45, 7) is 2.23. The number of phenols is 1. The largest absolute Gasteiger partial charge is 0.508 e. The summed E-state index contributed by atoms with van der Waals surface area (Å²) in [5.41, 5.74) is 1.17. The minimum absolute atomic E-state index is 0.367. The predicted molar refractivity (Wildman–Crippen MR) is 62.5 cm³/mol. The van der Waals surface area contributed by atoms with Crippen molar-refractivity contribution in [2.75, 3.05) is 13.1 Å². The molecule has 2 heterocycles. The summed E-state index contributed by atoms with van der Waals surface area (Å²) in [7, 11) is 0. The number of piperidine rings is 1. The van der Waals surface area contributed by atoms with Crippen LogP contribution in [0.25, 0.3) is 0 Å². The molecule has 0 atom stereocenters. The van der Waals surface area contributed by atoms with Gasteiger partial charge >= 0.3 is 0 Å². The first-order valence-corrected chi connectivity index (χ1v) is 6.31. The Labute approximate surface area is 94.1 Å². The molecule has 2 aliphatic rings. The Balaban J connectivity index is 1.94. The third kappa shape index (κ3) is 1.54. The van der Waals surface area contributed by atoms with E-state index in [1.54, 1.807) is 6.07 Å². The van der Waals surface area contributed by atoms with Crippen molar-refractivity contribution >= 4 is 11.8 Å². The molecule has 0 aliphatic carbocycles. The van der Waals surface area contributed by atoms with E-state index in [9.17, 15) is 5.11 Å². The first kappa shape index (κ1) is 9.55. The number of nitrogens with one attached hydrogen (secondary N) is 1. The van der Waals surface area contributed by atoms with Crippen molar-refractivity contribution in [3.63, 3.8) is 0 Å². The second-order valence-corrected chi connectivity index (χ2v) is 5.98. The van der Waals surface area contributed by atoms with E-state index in [0.717, 1.165) is 19.5 Å². The summed E-state index contributed by atoms with van der Waals surface area (Å²) < 4.78 is 0.367. The van der Waals surface area contributed by atoms with Gasteiger partial charge in [-0.15, -0.1) is 11.8 Å². The normalized spacial score (nSPS) is 22.9. The molecule has 80 valence electrons. The molecule has 1 aromatic rings. The fourth-order valence-electron chi connectivity index (χ4n) is 2.58. The van der Waals surface area contributed by atoms with Crippen molar-refractivity contribution in [2.45, 2.75) is 28.9 Å². The number of rotatable bonds is 0. The molecule has 0 radical (unpaired) electrons. The standard InChI is InChI=1S/C12H15NOS/c14-10-2-1-3-11-9(10)8-12(15-11)4-6-13-7-5-12/h1-3,13-14H,4-8H2. The Morgan fingerprint density at radius 3 is 2.80 bits per heavy atom. The van der Waals surface area contributed by atoms with E-state index in [4.69, 9.17) is 0 Å². The van der Waals surface area contributed by atoms with Gasteiger partial charge in [0, 0.05) is 15.2 Å². The minimum Gasteiger partial charge on any atom is -0.508 e. The molecule has 0 unspecified atom stereocenters. The van der Waals surface area contributed by atoms with Crippen LogP contribution < -0.4 is 5.32 Å². The SMILES string of the molecule is Oc1cccc2c1CC1(CCNCC1)S2. The fourth-order valence-corrected chi connectivity index (χ4v) is 4.12. The number of phenolic OH excluding ortho intramolecular Hbond substituents is 1. The van der Waals surface area contributed by atoms with Gasteiger partial charge in [0.15, 0.2) is 0 Å². The van der Waals surface area contributed by atoms with Gasteiger partial charge in [-0.3, -0.25) is 0 Å². The Morgan fingerprint density at radius 2 is 2.07 bits per heavy atom. The highest BCUT2D eigenvalue weighted by Crippen LogP contribution is 2.51. The molecule has 2 aliphatic heterocycles. The molecule has 1 aromatic carbocycles.